The SMILES string of the molecule is CCCC1CC2(C(F)(F)F)N=C(c3ccccc3)C(S(=O)(=O)c3ccc(C)cc3)C12. The fraction of sp³-hybridized carbons (Fsp3) is 0.435. The van der Waals surface area contributed by atoms with E-state index in [-0.39, 0.29) is 22.9 Å². The van der Waals surface area contributed by atoms with Gasteiger partial charge in [0.1, 0.15) is 5.25 Å². The van der Waals surface area contributed by atoms with Gasteiger partial charge in [0.25, 0.3) is 0 Å². The first kappa shape index (κ1) is 21.1. The van der Waals surface area contributed by atoms with Crippen LogP contribution in [0.2, 0.25) is 0 Å². The standard InChI is InChI=1S/C23H24F3NO2S/c1-3-7-17-14-22(23(24,25)26)19(17)21(20(27-22)16-8-5-4-6-9-16)30(28,29)18-12-10-15(2)11-13-18/h4-6,8-13,17,19,21H,3,7,14H2,1-2H3. The number of benzene rings is 2. The smallest absolute Gasteiger partial charge is 0.271 e. The maximum atomic E-state index is 14.3. The average molecular weight is 436 g/mol. The van der Waals surface area contributed by atoms with Crippen LogP contribution in [0.25, 0.3) is 0 Å². The Morgan fingerprint density at radius 2 is 1.70 bits per heavy atom. The fourth-order valence-electron chi connectivity index (χ4n) is 5.03. The molecule has 4 atom stereocenters. The van der Waals surface area contributed by atoms with Gasteiger partial charge in [-0.25, -0.2) is 8.42 Å². The zero-order valence-electron chi connectivity index (χ0n) is 16.9. The molecule has 2 aliphatic rings. The molecular weight excluding hydrogens is 411 g/mol. The van der Waals surface area contributed by atoms with Crippen LogP contribution in [-0.4, -0.2) is 31.1 Å². The van der Waals surface area contributed by atoms with Crippen molar-refractivity contribution in [3.8, 4) is 0 Å². The topological polar surface area (TPSA) is 46.5 Å². The Bertz CT molecular complexity index is 1060. The van der Waals surface area contributed by atoms with Gasteiger partial charge in [-0.1, -0.05) is 67.8 Å². The second-order valence-electron chi connectivity index (χ2n) is 8.34. The maximum absolute atomic E-state index is 14.3. The van der Waals surface area contributed by atoms with Gasteiger partial charge in [0, 0.05) is 5.92 Å². The highest BCUT2D eigenvalue weighted by atomic mass is 32.2. The number of rotatable bonds is 5. The van der Waals surface area contributed by atoms with Gasteiger partial charge in [-0.3, -0.25) is 4.99 Å². The van der Waals surface area contributed by atoms with Crippen molar-refractivity contribution in [1.82, 2.24) is 0 Å². The van der Waals surface area contributed by atoms with E-state index in [2.05, 4.69) is 4.99 Å². The van der Waals surface area contributed by atoms with E-state index in [0.29, 0.717) is 18.4 Å². The van der Waals surface area contributed by atoms with Crippen LogP contribution in [-0.2, 0) is 9.84 Å². The number of hydrogen-bond donors (Lipinski definition) is 0. The molecule has 0 aromatic heterocycles. The highest BCUT2D eigenvalue weighted by Gasteiger charge is 2.75. The Hall–Kier alpha value is -2.15. The zero-order chi connectivity index (χ0) is 21.7. The van der Waals surface area contributed by atoms with E-state index >= 15 is 0 Å². The Morgan fingerprint density at radius 3 is 2.27 bits per heavy atom. The number of halogens is 3. The van der Waals surface area contributed by atoms with E-state index in [9.17, 15) is 21.6 Å². The molecule has 0 bridgehead atoms. The molecule has 1 saturated carbocycles. The van der Waals surface area contributed by atoms with E-state index in [0.717, 1.165) is 5.56 Å². The molecular formula is C23H24F3NO2S. The van der Waals surface area contributed by atoms with Gasteiger partial charge in [-0.2, -0.15) is 13.2 Å². The van der Waals surface area contributed by atoms with Crippen LogP contribution in [0.15, 0.2) is 64.5 Å². The second kappa shape index (κ2) is 7.22. The van der Waals surface area contributed by atoms with E-state index in [4.69, 9.17) is 0 Å². The van der Waals surface area contributed by atoms with Crippen molar-refractivity contribution in [3.63, 3.8) is 0 Å². The van der Waals surface area contributed by atoms with Gasteiger partial charge in [0.2, 0.25) is 0 Å². The molecule has 2 aromatic carbocycles. The predicted octanol–water partition coefficient (Wildman–Crippen LogP) is 5.38. The predicted molar refractivity (Wildman–Crippen MR) is 110 cm³/mol. The Labute approximate surface area is 175 Å². The minimum Gasteiger partial charge on any atom is -0.271 e. The summed E-state index contributed by atoms with van der Waals surface area (Å²) in [5.74, 6) is -1.43. The number of sulfone groups is 1. The van der Waals surface area contributed by atoms with Crippen LogP contribution >= 0.6 is 0 Å². The van der Waals surface area contributed by atoms with Crippen molar-refractivity contribution >= 4 is 15.5 Å². The Morgan fingerprint density at radius 1 is 1.07 bits per heavy atom. The molecule has 4 unspecified atom stereocenters. The molecule has 4 rings (SSSR count). The molecule has 1 heterocycles. The third kappa shape index (κ3) is 3.09. The summed E-state index contributed by atoms with van der Waals surface area (Å²) in [4.78, 5) is 4.21. The third-order valence-corrected chi connectivity index (χ3v) is 8.57. The molecule has 0 saturated heterocycles. The molecule has 30 heavy (non-hydrogen) atoms. The van der Waals surface area contributed by atoms with Gasteiger partial charge >= 0.3 is 6.18 Å². The van der Waals surface area contributed by atoms with Crippen molar-refractivity contribution < 1.29 is 21.6 Å². The highest BCUT2D eigenvalue weighted by molar-refractivity contribution is 7.93. The largest absolute Gasteiger partial charge is 0.413 e. The van der Waals surface area contributed by atoms with Crippen LogP contribution in [0.4, 0.5) is 13.2 Å². The quantitative estimate of drug-likeness (QED) is 0.633. The van der Waals surface area contributed by atoms with Gasteiger partial charge in [0.15, 0.2) is 15.4 Å². The Balaban J connectivity index is 1.91. The van der Waals surface area contributed by atoms with E-state index in [1.807, 2.05) is 13.8 Å². The van der Waals surface area contributed by atoms with E-state index < -0.39 is 32.7 Å². The summed E-state index contributed by atoms with van der Waals surface area (Å²) in [6.07, 6.45) is -3.49. The number of nitrogens with zero attached hydrogens (tertiary/aromatic N) is 1. The molecule has 1 fully saturated rings. The van der Waals surface area contributed by atoms with Crippen LogP contribution in [0, 0.1) is 18.8 Å². The lowest BCUT2D eigenvalue weighted by Crippen LogP contribution is -2.63. The lowest BCUT2D eigenvalue weighted by atomic mass is 9.57. The normalized spacial score (nSPS) is 28.6. The molecule has 3 nitrogen and oxygen atoms in total. The van der Waals surface area contributed by atoms with Gasteiger partial charge in [-0.15, -0.1) is 0 Å². The number of fused-ring (bicyclic) bond motifs is 1. The van der Waals surface area contributed by atoms with Crippen molar-refractivity contribution in [2.45, 2.75) is 55.0 Å². The van der Waals surface area contributed by atoms with E-state index in [1.54, 1.807) is 42.5 Å². The first-order chi connectivity index (χ1) is 14.1. The monoisotopic (exact) mass is 435 g/mol. The van der Waals surface area contributed by atoms with E-state index in [1.165, 1.54) is 12.1 Å². The number of aryl methyl sites for hydroxylation is 1. The summed E-state index contributed by atoms with van der Waals surface area (Å²) in [5, 5.41) is -1.31. The number of alkyl halides is 3. The lowest BCUT2D eigenvalue weighted by Gasteiger charge is -2.51. The van der Waals surface area contributed by atoms with Crippen molar-refractivity contribution in [1.29, 1.82) is 0 Å². The third-order valence-electron chi connectivity index (χ3n) is 6.45. The van der Waals surface area contributed by atoms with Gasteiger partial charge in [-0.05, 0) is 37.0 Å². The van der Waals surface area contributed by atoms with Crippen LogP contribution in [0.1, 0.15) is 37.3 Å². The molecule has 160 valence electrons. The van der Waals surface area contributed by atoms with Crippen LogP contribution in [0.3, 0.4) is 0 Å². The minimum absolute atomic E-state index is 0.0390. The van der Waals surface area contributed by atoms with Crippen molar-refractivity contribution in [2.24, 2.45) is 16.8 Å². The van der Waals surface area contributed by atoms with Crippen molar-refractivity contribution in [2.75, 3.05) is 0 Å². The van der Waals surface area contributed by atoms with Crippen LogP contribution < -0.4 is 0 Å². The molecule has 0 radical (unpaired) electrons. The number of aliphatic imine (C=N–C) groups is 1. The zero-order valence-corrected chi connectivity index (χ0v) is 17.7. The average Bonchev–Trinajstić information content (AvgIpc) is 2.97. The van der Waals surface area contributed by atoms with Crippen LogP contribution in [0.5, 0.6) is 0 Å². The summed E-state index contributed by atoms with van der Waals surface area (Å²) in [7, 11) is -4.06. The summed E-state index contributed by atoms with van der Waals surface area (Å²) in [6, 6.07) is 14.7. The fourth-order valence-corrected chi connectivity index (χ4v) is 7.16. The molecule has 1 aliphatic carbocycles. The highest BCUT2D eigenvalue weighted by Crippen LogP contribution is 2.63. The maximum Gasteiger partial charge on any atom is 0.413 e. The molecule has 7 heteroatoms. The molecule has 2 aromatic rings. The summed E-state index contributed by atoms with van der Waals surface area (Å²) < 4.78 is 70.2. The summed E-state index contributed by atoms with van der Waals surface area (Å²) in [6.45, 7) is 3.74. The minimum atomic E-state index is -4.60. The number of hydrogen-bond acceptors (Lipinski definition) is 3. The molecule has 0 spiro atoms. The molecule has 0 N–H and O–H groups in total. The summed E-state index contributed by atoms with van der Waals surface area (Å²) in [5.41, 5.74) is -0.960. The summed E-state index contributed by atoms with van der Waals surface area (Å²) >= 11 is 0. The molecule has 0 amide bonds. The lowest BCUT2D eigenvalue weighted by molar-refractivity contribution is -0.236. The molecule has 1 aliphatic heterocycles. The first-order valence-corrected chi connectivity index (χ1v) is 11.7. The second-order valence-corrected chi connectivity index (χ2v) is 10.4. The van der Waals surface area contributed by atoms with Gasteiger partial charge < -0.3 is 0 Å². The van der Waals surface area contributed by atoms with Crippen molar-refractivity contribution in [3.05, 3.63) is 65.7 Å². The Kier molecular flexibility index (Phi) is 5.08. The first-order valence-electron chi connectivity index (χ1n) is 10.1. The van der Waals surface area contributed by atoms with Gasteiger partial charge in [0.05, 0.1) is 10.6 Å².